The highest BCUT2D eigenvalue weighted by molar-refractivity contribution is 5.67. The fraction of sp³-hybridized carbons (Fsp3) is 0.533. The molecular weight excluding hydrogens is 256 g/mol. The van der Waals surface area contributed by atoms with Crippen LogP contribution in [0.15, 0.2) is 30.3 Å². The molecule has 112 valence electrons. The molecule has 0 heterocycles. The summed E-state index contributed by atoms with van der Waals surface area (Å²) in [5.41, 5.74) is 0.625. The summed E-state index contributed by atoms with van der Waals surface area (Å²) in [6, 6.07) is 9.93. The summed E-state index contributed by atoms with van der Waals surface area (Å²) in [5, 5.41) is 15.4. The number of nitrogens with one attached hydrogen (secondary N) is 2. The molecule has 0 aliphatic heterocycles. The summed E-state index contributed by atoms with van der Waals surface area (Å²) in [4.78, 5) is 11.4. The van der Waals surface area contributed by atoms with E-state index in [9.17, 15) is 9.90 Å². The van der Waals surface area contributed by atoms with Crippen molar-refractivity contribution in [3.05, 3.63) is 35.9 Å². The Morgan fingerprint density at radius 1 is 1.25 bits per heavy atom. The third-order valence-corrected chi connectivity index (χ3v) is 2.43. The van der Waals surface area contributed by atoms with Crippen molar-refractivity contribution in [1.82, 2.24) is 10.6 Å². The number of ether oxygens (including phenoxy) is 1. The lowest BCUT2D eigenvalue weighted by atomic mass is 10.2. The van der Waals surface area contributed by atoms with Gasteiger partial charge in [-0.1, -0.05) is 30.3 Å². The molecular formula is C15H24N2O3. The first-order valence-corrected chi connectivity index (χ1v) is 6.76. The molecule has 0 spiro atoms. The van der Waals surface area contributed by atoms with E-state index in [1.54, 1.807) is 20.8 Å². The highest BCUT2D eigenvalue weighted by atomic mass is 16.6. The molecule has 1 aromatic carbocycles. The summed E-state index contributed by atoms with van der Waals surface area (Å²) < 4.78 is 5.08. The van der Waals surface area contributed by atoms with Crippen molar-refractivity contribution in [2.45, 2.75) is 39.0 Å². The fourth-order valence-corrected chi connectivity index (χ4v) is 1.57. The topological polar surface area (TPSA) is 70.6 Å². The number of alkyl carbamates (subject to hydrolysis) is 1. The lowest BCUT2D eigenvalue weighted by molar-refractivity contribution is 0.0492. The number of carbonyl (C=O) groups is 1. The van der Waals surface area contributed by atoms with Crippen LogP contribution in [-0.4, -0.2) is 36.0 Å². The molecule has 1 aromatic rings. The van der Waals surface area contributed by atoms with E-state index >= 15 is 0 Å². The Morgan fingerprint density at radius 2 is 1.90 bits per heavy atom. The second kappa shape index (κ2) is 7.87. The van der Waals surface area contributed by atoms with Gasteiger partial charge >= 0.3 is 6.09 Å². The molecule has 0 fully saturated rings. The predicted molar refractivity (Wildman–Crippen MR) is 78.4 cm³/mol. The van der Waals surface area contributed by atoms with Gasteiger partial charge in [0, 0.05) is 19.6 Å². The van der Waals surface area contributed by atoms with Gasteiger partial charge in [0.05, 0.1) is 6.10 Å². The Labute approximate surface area is 120 Å². The standard InChI is InChI=1S/C15H24N2O3/c1-15(2,3)20-14(19)17-11-13(18)10-16-9-12-7-5-4-6-8-12/h4-8,13,16,18H,9-11H2,1-3H3,(H,17,19)/t13-/m0/s1. The molecule has 5 heteroatoms. The molecule has 0 saturated carbocycles. The lowest BCUT2D eigenvalue weighted by Gasteiger charge is -2.20. The highest BCUT2D eigenvalue weighted by Crippen LogP contribution is 2.06. The lowest BCUT2D eigenvalue weighted by Crippen LogP contribution is -2.40. The van der Waals surface area contributed by atoms with Gasteiger partial charge in [-0.3, -0.25) is 0 Å². The molecule has 0 aliphatic carbocycles. The largest absolute Gasteiger partial charge is 0.444 e. The predicted octanol–water partition coefficient (Wildman–Crippen LogP) is 1.66. The number of amides is 1. The average molecular weight is 280 g/mol. The molecule has 0 bridgehead atoms. The zero-order valence-corrected chi connectivity index (χ0v) is 12.3. The van der Waals surface area contributed by atoms with Crippen molar-refractivity contribution in [2.24, 2.45) is 0 Å². The van der Waals surface area contributed by atoms with E-state index in [4.69, 9.17) is 4.74 Å². The molecule has 20 heavy (non-hydrogen) atoms. The molecule has 5 nitrogen and oxygen atoms in total. The second-order valence-corrected chi connectivity index (χ2v) is 5.65. The normalized spacial score (nSPS) is 12.8. The van der Waals surface area contributed by atoms with Crippen LogP contribution < -0.4 is 10.6 Å². The molecule has 0 aromatic heterocycles. The van der Waals surface area contributed by atoms with Crippen LogP contribution in [-0.2, 0) is 11.3 Å². The minimum atomic E-state index is -0.647. The Bertz CT molecular complexity index is 401. The number of carbonyl (C=O) groups excluding carboxylic acids is 1. The maximum Gasteiger partial charge on any atom is 0.407 e. The smallest absolute Gasteiger partial charge is 0.407 e. The van der Waals surface area contributed by atoms with Gasteiger partial charge in [0.2, 0.25) is 0 Å². The summed E-state index contributed by atoms with van der Waals surface area (Å²) >= 11 is 0. The average Bonchev–Trinajstić information content (AvgIpc) is 2.36. The number of benzene rings is 1. The SMILES string of the molecule is CC(C)(C)OC(=O)NC[C@@H](O)CNCc1ccccc1. The van der Waals surface area contributed by atoms with Crippen LogP contribution in [0.3, 0.4) is 0 Å². The Balaban J connectivity index is 2.14. The number of hydrogen-bond donors (Lipinski definition) is 3. The van der Waals surface area contributed by atoms with Gasteiger partial charge in [-0.25, -0.2) is 4.79 Å². The molecule has 3 N–H and O–H groups in total. The maximum atomic E-state index is 11.4. The molecule has 0 radical (unpaired) electrons. The Kier molecular flexibility index (Phi) is 6.48. The van der Waals surface area contributed by atoms with Crippen LogP contribution in [0.4, 0.5) is 4.79 Å². The van der Waals surface area contributed by atoms with Crippen LogP contribution in [0.25, 0.3) is 0 Å². The minimum Gasteiger partial charge on any atom is -0.444 e. The summed E-state index contributed by atoms with van der Waals surface area (Å²) in [5.74, 6) is 0. The third-order valence-electron chi connectivity index (χ3n) is 2.43. The summed E-state index contributed by atoms with van der Waals surface area (Å²) in [7, 11) is 0. The van der Waals surface area contributed by atoms with Gasteiger partial charge in [-0.2, -0.15) is 0 Å². The molecule has 0 aliphatic rings. The van der Waals surface area contributed by atoms with Gasteiger partial charge in [0.25, 0.3) is 0 Å². The van der Waals surface area contributed by atoms with Crippen LogP contribution >= 0.6 is 0 Å². The van der Waals surface area contributed by atoms with Crippen LogP contribution in [0.1, 0.15) is 26.3 Å². The zero-order valence-electron chi connectivity index (χ0n) is 12.3. The summed E-state index contributed by atoms with van der Waals surface area (Å²) in [6.07, 6.45) is -1.16. The van der Waals surface area contributed by atoms with Gasteiger partial charge in [-0.15, -0.1) is 0 Å². The van der Waals surface area contributed by atoms with Crippen molar-refractivity contribution in [1.29, 1.82) is 0 Å². The van der Waals surface area contributed by atoms with E-state index in [1.165, 1.54) is 0 Å². The second-order valence-electron chi connectivity index (χ2n) is 5.65. The number of rotatable bonds is 6. The molecule has 0 saturated heterocycles. The van der Waals surface area contributed by atoms with Gasteiger partial charge in [0.15, 0.2) is 0 Å². The van der Waals surface area contributed by atoms with E-state index in [0.717, 1.165) is 5.56 Å². The van der Waals surface area contributed by atoms with Gasteiger partial charge < -0.3 is 20.5 Å². The van der Waals surface area contributed by atoms with Crippen LogP contribution in [0, 0.1) is 0 Å². The van der Waals surface area contributed by atoms with Gasteiger partial charge in [-0.05, 0) is 26.3 Å². The first kappa shape index (κ1) is 16.5. The van der Waals surface area contributed by atoms with Crippen molar-refractivity contribution in [2.75, 3.05) is 13.1 Å². The molecule has 1 atom stereocenters. The third kappa shape index (κ3) is 7.76. The zero-order chi connectivity index (χ0) is 15.0. The molecule has 1 amide bonds. The van der Waals surface area contributed by atoms with E-state index in [-0.39, 0.29) is 6.54 Å². The first-order valence-electron chi connectivity index (χ1n) is 6.76. The summed E-state index contributed by atoms with van der Waals surface area (Å²) in [6.45, 7) is 6.64. The van der Waals surface area contributed by atoms with Crippen molar-refractivity contribution < 1.29 is 14.6 Å². The van der Waals surface area contributed by atoms with Crippen LogP contribution in [0.5, 0.6) is 0 Å². The fourth-order valence-electron chi connectivity index (χ4n) is 1.57. The molecule has 1 rings (SSSR count). The highest BCUT2D eigenvalue weighted by Gasteiger charge is 2.16. The first-order chi connectivity index (χ1) is 9.37. The van der Waals surface area contributed by atoms with E-state index in [1.807, 2.05) is 30.3 Å². The number of hydrogen-bond acceptors (Lipinski definition) is 4. The van der Waals surface area contributed by atoms with Gasteiger partial charge in [0.1, 0.15) is 5.60 Å². The number of aliphatic hydroxyl groups is 1. The minimum absolute atomic E-state index is 0.163. The number of aliphatic hydroxyl groups excluding tert-OH is 1. The maximum absolute atomic E-state index is 11.4. The van der Waals surface area contributed by atoms with E-state index in [0.29, 0.717) is 13.1 Å². The quantitative estimate of drug-likeness (QED) is 0.741. The van der Waals surface area contributed by atoms with Crippen molar-refractivity contribution in [3.8, 4) is 0 Å². The van der Waals surface area contributed by atoms with E-state index in [2.05, 4.69) is 10.6 Å². The molecule has 0 unspecified atom stereocenters. The Hall–Kier alpha value is -1.59. The van der Waals surface area contributed by atoms with Crippen molar-refractivity contribution in [3.63, 3.8) is 0 Å². The van der Waals surface area contributed by atoms with Crippen LogP contribution in [0.2, 0.25) is 0 Å². The van der Waals surface area contributed by atoms with E-state index < -0.39 is 17.8 Å². The monoisotopic (exact) mass is 280 g/mol. The van der Waals surface area contributed by atoms with Crippen molar-refractivity contribution >= 4 is 6.09 Å². The Morgan fingerprint density at radius 3 is 2.50 bits per heavy atom.